The minimum Gasteiger partial charge on any atom is -0.399 e. The summed E-state index contributed by atoms with van der Waals surface area (Å²) < 4.78 is 25.3. The molecule has 0 bridgehead atoms. The number of anilines is 1. The first-order valence-electron chi connectivity index (χ1n) is 5.89. The molecule has 0 saturated carbocycles. The maximum atomic E-state index is 12.0. The van der Waals surface area contributed by atoms with Crippen molar-refractivity contribution in [2.24, 2.45) is 0 Å². The van der Waals surface area contributed by atoms with E-state index in [1.807, 2.05) is 12.1 Å². The number of terminal acetylenes is 1. The molecule has 2 N–H and O–H groups in total. The van der Waals surface area contributed by atoms with Crippen LogP contribution in [0.1, 0.15) is 6.92 Å². The Morgan fingerprint density at radius 2 is 2.00 bits per heavy atom. The SMILES string of the molecule is C#CCN(CC)S(=O)(=O)CCSc1ccc(N)cc1. The monoisotopic (exact) mass is 298 g/mol. The molecule has 1 rings (SSSR count). The van der Waals surface area contributed by atoms with Crippen LogP contribution >= 0.6 is 11.8 Å². The number of nitrogens with zero attached hydrogens (tertiary/aromatic N) is 1. The van der Waals surface area contributed by atoms with E-state index in [2.05, 4.69) is 5.92 Å². The van der Waals surface area contributed by atoms with Crippen LogP contribution in [-0.2, 0) is 10.0 Å². The molecule has 0 atom stereocenters. The van der Waals surface area contributed by atoms with Crippen LogP contribution in [0.4, 0.5) is 5.69 Å². The molecule has 0 saturated heterocycles. The minimum absolute atomic E-state index is 0.0809. The van der Waals surface area contributed by atoms with Crippen molar-refractivity contribution in [2.45, 2.75) is 11.8 Å². The third kappa shape index (κ3) is 5.15. The van der Waals surface area contributed by atoms with Crippen LogP contribution < -0.4 is 5.73 Å². The molecule has 0 aliphatic rings. The fraction of sp³-hybridized carbons (Fsp3) is 0.385. The van der Waals surface area contributed by atoms with Gasteiger partial charge in [-0.3, -0.25) is 0 Å². The Hall–Kier alpha value is -1.16. The van der Waals surface area contributed by atoms with Crippen molar-refractivity contribution in [3.05, 3.63) is 24.3 Å². The van der Waals surface area contributed by atoms with Gasteiger partial charge < -0.3 is 5.73 Å². The number of hydrogen-bond acceptors (Lipinski definition) is 4. The van der Waals surface area contributed by atoms with Crippen LogP contribution in [-0.4, -0.2) is 37.3 Å². The summed E-state index contributed by atoms with van der Waals surface area (Å²) in [5.41, 5.74) is 6.28. The lowest BCUT2D eigenvalue weighted by Crippen LogP contribution is -2.33. The Morgan fingerprint density at radius 3 is 2.53 bits per heavy atom. The molecule has 0 spiro atoms. The van der Waals surface area contributed by atoms with Gasteiger partial charge in [0.05, 0.1) is 12.3 Å². The number of nitrogens with two attached hydrogens (primary N) is 1. The molecule has 104 valence electrons. The molecule has 0 unspecified atom stereocenters. The molecule has 1 aromatic carbocycles. The third-order valence-corrected chi connectivity index (χ3v) is 5.67. The summed E-state index contributed by atoms with van der Waals surface area (Å²) in [6.45, 7) is 2.31. The lowest BCUT2D eigenvalue weighted by molar-refractivity contribution is 0.465. The summed E-state index contributed by atoms with van der Waals surface area (Å²) in [7, 11) is -3.27. The summed E-state index contributed by atoms with van der Waals surface area (Å²) in [6.07, 6.45) is 5.16. The van der Waals surface area contributed by atoms with E-state index < -0.39 is 10.0 Å². The maximum absolute atomic E-state index is 12.0. The van der Waals surface area contributed by atoms with Crippen LogP contribution in [0.25, 0.3) is 0 Å². The standard InChI is InChI=1S/C13H18N2O2S2/c1-3-9-15(4-2)19(16,17)11-10-18-13-7-5-12(14)6-8-13/h1,5-8H,4,9-11,14H2,2H3. The summed E-state index contributed by atoms with van der Waals surface area (Å²) in [5, 5.41) is 0. The first-order valence-corrected chi connectivity index (χ1v) is 8.48. The molecule has 0 aromatic heterocycles. The summed E-state index contributed by atoms with van der Waals surface area (Å²) >= 11 is 1.49. The fourth-order valence-corrected chi connectivity index (χ4v) is 4.13. The Kier molecular flexibility index (Phi) is 6.22. The molecule has 0 heterocycles. The van der Waals surface area contributed by atoms with E-state index in [0.29, 0.717) is 18.0 Å². The first-order chi connectivity index (χ1) is 8.99. The van der Waals surface area contributed by atoms with Crippen molar-refractivity contribution in [1.29, 1.82) is 0 Å². The minimum atomic E-state index is -3.27. The number of benzene rings is 1. The lowest BCUT2D eigenvalue weighted by atomic mass is 10.3. The van der Waals surface area contributed by atoms with Gasteiger partial charge in [-0.15, -0.1) is 18.2 Å². The predicted molar refractivity (Wildman–Crippen MR) is 81.4 cm³/mol. The number of hydrogen-bond donors (Lipinski definition) is 1. The van der Waals surface area contributed by atoms with Crippen molar-refractivity contribution < 1.29 is 8.42 Å². The van der Waals surface area contributed by atoms with E-state index in [1.165, 1.54) is 16.1 Å². The van der Waals surface area contributed by atoms with E-state index in [0.717, 1.165) is 4.90 Å². The van der Waals surface area contributed by atoms with Crippen LogP contribution in [0, 0.1) is 12.3 Å². The highest BCUT2D eigenvalue weighted by Gasteiger charge is 2.18. The molecular weight excluding hydrogens is 280 g/mol. The van der Waals surface area contributed by atoms with E-state index in [1.54, 1.807) is 19.1 Å². The van der Waals surface area contributed by atoms with Gasteiger partial charge in [0.25, 0.3) is 0 Å². The molecule has 0 radical (unpaired) electrons. The summed E-state index contributed by atoms with van der Waals surface area (Å²) in [6, 6.07) is 7.36. The highest BCUT2D eigenvalue weighted by Crippen LogP contribution is 2.19. The summed E-state index contributed by atoms with van der Waals surface area (Å²) in [4.78, 5) is 1.00. The zero-order valence-electron chi connectivity index (χ0n) is 10.9. The third-order valence-electron chi connectivity index (χ3n) is 2.50. The highest BCUT2D eigenvalue weighted by atomic mass is 32.2. The zero-order chi connectivity index (χ0) is 14.3. The molecule has 1 aromatic rings. The van der Waals surface area contributed by atoms with E-state index in [9.17, 15) is 8.42 Å². The van der Waals surface area contributed by atoms with E-state index in [-0.39, 0.29) is 12.3 Å². The van der Waals surface area contributed by atoms with E-state index >= 15 is 0 Å². The maximum Gasteiger partial charge on any atom is 0.215 e. The second kappa shape index (κ2) is 7.43. The average molecular weight is 298 g/mol. The van der Waals surface area contributed by atoms with Crippen molar-refractivity contribution in [1.82, 2.24) is 4.31 Å². The molecule has 0 amide bonds. The van der Waals surface area contributed by atoms with E-state index in [4.69, 9.17) is 12.2 Å². The average Bonchev–Trinajstić information content (AvgIpc) is 2.38. The van der Waals surface area contributed by atoms with Gasteiger partial charge in [0, 0.05) is 22.9 Å². The molecule has 6 heteroatoms. The Morgan fingerprint density at radius 1 is 1.37 bits per heavy atom. The van der Waals surface area contributed by atoms with Crippen LogP contribution in [0.2, 0.25) is 0 Å². The van der Waals surface area contributed by atoms with Gasteiger partial charge >= 0.3 is 0 Å². The molecular formula is C13H18N2O2S2. The van der Waals surface area contributed by atoms with Crippen molar-refractivity contribution in [3.8, 4) is 12.3 Å². The molecule has 0 aliphatic heterocycles. The predicted octanol–water partition coefficient (Wildman–Crippen LogP) is 1.65. The lowest BCUT2D eigenvalue weighted by Gasteiger charge is -2.17. The fourth-order valence-electron chi connectivity index (χ4n) is 1.47. The zero-order valence-corrected chi connectivity index (χ0v) is 12.5. The van der Waals surface area contributed by atoms with Crippen LogP contribution in [0.3, 0.4) is 0 Å². The molecule has 0 aliphatic carbocycles. The Balaban J connectivity index is 2.52. The van der Waals surface area contributed by atoms with Crippen molar-refractivity contribution in [2.75, 3.05) is 30.3 Å². The van der Waals surface area contributed by atoms with Gasteiger partial charge in [-0.2, -0.15) is 4.31 Å². The van der Waals surface area contributed by atoms with Gasteiger partial charge in [-0.05, 0) is 24.3 Å². The van der Waals surface area contributed by atoms with Gasteiger partial charge in [-0.25, -0.2) is 8.42 Å². The topological polar surface area (TPSA) is 63.4 Å². The van der Waals surface area contributed by atoms with Crippen LogP contribution in [0.15, 0.2) is 29.2 Å². The molecule has 0 fully saturated rings. The van der Waals surface area contributed by atoms with Gasteiger partial charge in [0.2, 0.25) is 10.0 Å². The molecule has 4 nitrogen and oxygen atoms in total. The van der Waals surface area contributed by atoms with Crippen LogP contribution in [0.5, 0.6) is 0 Å². The van der Waals surface area contributed by atoms with Gasteiger partial charge in [-0.1, -0.05) is 12.8 Å². The quantitative estimate of drug-likeness (QED) is 0.472. The second-order valence-electron chi connectivity index (χ2n) is 3.86. The van der Waals surface area contributed by atoms with Gasteiger partial charge in [0.15, 0.2) is 0 Å². The largest absolute Gasteiger partial charge is 0.399 e. The first kappa shape index (κ1) is 15.9. The number of nitrogen functional groups attached to an aromatic ring is 1. The molecule has 19 heavy (non-hydrogen) atoms. The number of sulfonamides is 1. The summed E-state index contributed by atoms with van der Waals surface area (Å²) in [5.74, 6) is 2.94. The Bertz CT molecular complexity index is 533. The normalized spacial score (nSPS) is 11.4. The second-order valence-corrected chi connectivity index (χ2v) is 7.12. The van der Waals surface area contributed by atoms with Crippen molar-refractivity contribution >= 4 is 27.5 Å². The van der Waals surface area contributed by atoms with Gasteiger partial charge in [0.1, 0.15) is 0 Å². The van der Waals surface area contributed by atoms with Crippen molar-refractivity contribution in [3.63, 3.8) is 0 Å². The highest BCUT2D eigenvalue weighted by molar-refractivity contribution is 8.00. The number of rotatable bonds is 7. The number of thioether (sulfide) groups is 1. The Labute approximate surface area is 119 Å². The smallest absolute Gasteiger partial charge is 0.215 e.